The molecule has 3 heterocycles. The van der Waals surface area contributed by atoms with Crippen LogP contribution in [0.1, 0.15) is 31.2 Å². The van der Waals surface area contributed by atoms with Gasteiger partial charge in [0.05, 0.1) is 5.69 Å². The molecule has 3 rings (SSSR count). The van der Waals surface area contributed by atoms with Crippen LogP contribution >= 0.6 is 0 Å². The van der Waals surface area contributed by atoms with Gasteiger partial charge in [0.2, 0.25) is 5.91 Å². The molecule has 0 atom stereocenters. The molecule has 24 heavy (non-hydrogen) atoms. The molecule has 0 radical (unpaired) electrons. The summed E-state index contributed by atoms with van der Waals surface area (Å²) in [5, 5.41) is 0. The molecule has 0 saturated carbocycles. The number of carbonyl (C=O) groups is 1. The summed E-state index contributed by atoms with van der Waals surface area (Å²) >= 11 is 0. The Kier molecular flexibility index (Phi) is 4.78. The van der Waals surface area contributed by atoms with Crippen LogP contribution in [0.25, 0.3) is 5.82 Å². The third-order valence-corrected chi connectivity index (χ3v) is 4.56. The first-order valence-corrected chi connectivity index (χ1v) is 8.46. The van der Waals surface area contributed by atoms with Crippen LogP contribution in [0.4, 0.5) is 5.82 Å². The number of hydrogen-bond acceptors (Lipinski definition) is 5. The van der Waals surface area contributed by atoms with E-state index < -0.39 is 0 Å². The fourth-order valence-electron chi connectivity index (χ4n) is 2.93. The summed E-state index contributed by atoms with van der Waals surface area (Å²) in [5.41, 5.74) is 2.08. The molecule has 2 aromatic rings. The summed E-state index contributed by atoms with van der Waals surface area (Å²) in [6.45, 7) is 9.16. The van der Waals surface area contributed by atoms with E-state index in [2.05, 4.69) is 19.9 Å². The average molecular weight is 328 g/mol. The van der Waals surface area contributed by atoms with Crippen molar-refractivity contribution in [1.82, 2.24) is 24.4 Å². The van der Waals surface area contributed by atoms with E-state index in [4.69, 9.17) is 0 Å². The first kappa shape index (κ1) is 16.4. The molecule has 128 valence electrons. The number of piperazine rings is 1. The topological polar surface area (TPSA) is 67.2 Å². The lowest BCUT2D eigenvalue weighted by atomic mass is 10.2. The number of rotatable bonds is 4. The zero-order valence-corrected chi connectivity index (χ0v) is 14.6. The van der Waals surface area contributed by atoms with Crippen LogP contribution in [0.5, 0.6) is 0 Å². The number of aromatic nitrogens is 4. The van der Waals surface area contributed by atoms with E-state index in [1.165, 1.54) is 0 Å². The summed E-state index contributed by atoms with van der Waals surface area (Å²) in [6.07, 6.45) is 4.92. The second-order valence-corrected chi connectivity index (χ2v) is 6.14. The summed E-state index contributed by atoms with van der Waals surface area (Å²) in [5.74, 6) is 1.97. The van der Waals surface area contributed by atoms with Crippen molar-refractivity contribution in [2.24, 2.45) is 0 Å². The zero-order chi connectivity index (χ0) is 17.1. The van der Waals surface area contributed by atoms with Gasteiger partial charge in [-0.2, -0.15) is 0 Å². The predicted octanol–water partition coefficient (Wildman–Crippen LogP) is 1.73. The molecule has 1 fully saturated rings. The average Bonchev–Trinajstić information content (AvgIpc) is 2.95. The van der Waals surface area contributed by atoms with Crippen LogP contribution in [-0.2, 0) is 4.79 Å². The van der Waals surface area contributed by atoms with Gasteiger partial charge < -0.3 is 9.80 Å². The van der Waals surface area contributed by atoms with Crippen LogP contribution < -0.4 is 4.90 Å². The molecule has 1 aliphatic heterocycles. The SMILES string of the molecule is CCCC(=O)N1CCN(c2cc(-n3cnc(C)c3C)ncn2)CC1. The van der Waals surface area contributed by atoms with Gasteiger partial charge in [-0.05, 0) is 20.3 Å². The molecule has 0 aromatic carbocycles. The lowest BCUT2D eigenvalue weighted by Gasteiger charge is -2.35. The predicted molar refractivity (Wildman–Crippen MR) is 92.3 cm³/mol. The van der Waals surface area contributed by atoms with Crippen LogP contribution in [0.2, 0.25) is 0 Å². The summed E-state index contributed by atoms with van der Waals surface area (Å²) in [4.78, 5) is 29.3. The van der Waals surface area contributed by atoms with Crippen molar-refractivity contribution in [2.75, 3.05) is 31.1 Å². The number of hydrogen-bond donors (Lipinski definition) is 0. The molecular formula is C17H24N6O. The summed E-state index contributed by atoms with van der Waals surface area (Å²) in [6, 6.07) is 1.98. The largest absolute Gasteiger partial charge is 0.353 e. The summed E-state index contributed by atoms with van der Waals surface area (Å²) in [7, 11) is 0. The molecule has 0 N–H and O–H groups in total. The van der Waals surface area contributed by atoms with Crippen molar-refractivity contribution >= 4 is 11.7 Å². The zero-order valence-electron chi connectivity index (χ0n) is 14.6. The van der Waals surface area contributed by atoms with Gasteiger partial charge in [0.1, 0.15) is 24.3 Å². The van der Waals surface area contributed by atoms with Crippen LogP contribution in [0.15, 0.2) is 18.7 Å². The van der Waals surface area contributed by atoms with Crippen molar-refractivity contribution in [3.05, 3.63) is 30.1 Å². The minimum atomic E-state index is 0.255. The van der Waals surface area contributed by atoms with Gasteiger partial charge in [-0.1, -0.05) is 6.92 Å². The van der Waals surface area contributed by atoms with E-state index in [1.54, 1.807) is 12.7 Å². The molecule has 1 aliphatic rings. The van der Waals surface area contributed by atoms with Crippen LogP contribution in [-0.4, -0.2) is 56.5 Å². The highest BCUT2D eigenvalue weighted by atomic mass is 16.2. The maximum absolute atomic E-state index is 12.0. The molecule has 7 nitrogen and oxygen atoms in total. The third kappa shape index (κ3) is 3.25. The molecule has 2 aromatic heterocycles. The summed E-state index contributed by atoms with van der Waals surface area (Å²) < 4.78 is 1.97. The second-order valence-electron chi connectivity index (χ2n) is 6.14. The molecule has 1 amide bonds. The highest BCUT2D eigenvalue weighted by Crippen LogP contribution is 2.18. The minimum absolute atomic E-state index is 0.255. The van der Waals surface area contributed by atoms with Gasteiger partial charge in [0.15, 0.2) is 0 Å². The second kappa shape index (κ2) is 6.98. The van der Waals surface area contributed by atoms with Crippen molar-refractivity contribution in [1.29, 1.82) is 0 Å². The van der Waals surface area contributed by atoms with E-state index in [0.717, 1.165) is 55.6 Å². The number of carbonyl (C=O) groups excluding carboxylic acids is 1. The van der Waals surface area contributed by atoms with Crippen molar-refractivity contribution in [3.63, 3.8) is 0 Å². The molecule has 0 unspecified atom stereocenters. The number of aryl methyl sites for hydroxylation is 1. The van der Waals surface area contributed by atoms with Gasteiger partial charge >= 0.3 is 0 Å². The Morgan fingerprint density at radius 2 is 1.79 bits per heavy atom. The Labute approximate surface area is 142 Å². The smallest absolute Gasteiger partial charge is 0.222 e. The van der Waals surface area contributed by atoms with Crippen LogP contribution in [0.3, 0.4) is 0 Å². The number of nitrogens with zero attached hydrogens (tertiary/aromatic N) is 6. The molecule has 1 saturated heterocycles. The first-order chi connectivity index (χ1) is 11.6. The first-order valence-electron chi connectivity index (χ1n) is 8.46. The van der Waals surface area contributed by atoms with E-state index in [-0.39, 0.29) is 5.91 Å². The Bertz CT molecular complexity index is 718. The van der Waals surface area contributed by atoms with Gasteiger partial charge in [0, 0.05) is 44.4 Å². The lowest BCUT2D eigenvalue weighted by Crippen LogP contribution is -2.49. The highest BCUT2D eigenvalue weighted by Gasteiger charge is 2.21. The van der Waals surface area contributed by atoms with E-state index in [1.807, 2.05) is 36.3 Å². The Morgan fingerprint density at radius 1 is 1.08 bits per heavy atom. The minimum Gasteiger partial charge on any atom is -0.353 e. The van der Waals surface area contributed by atoms with Crippen molar-refractivity contribution in [2.45, 2.75) is 33.6 Å². The number of amides is 1. The van der Waals surface area contributed by atoms with E-state index >= 15 is 0 Å². The van der Waals surface area contributed by atoms with E-state index in [9.17, 15) is 4.79 Å². The van der Waals surface area contributed by atoms with Crippen molar-refractivity contribution < 1.29 is 4.79 Å². The number of imidazole rings is 1. The van der Waals surface area contributed by atoms with Crippen molar-refractivity contribution in [3.8, 4) is 5.82 Å². The highest BCUT2D eigenvalue weighted by molar-refractivity contribution is 5.76. The quantitative estimate of drug-likeness (QED) is 0.855. The Morgan fingerprint density at radius 3 is 2.42 bits per heavy atom. The monoisotopic (exact) mass is 328 g/mol. The number of anilines is 1. The fourth-order valence-corrected chi connectivity index (χ4v) is 2.93. The molecular weight excluding hydrogens is 304 g/mol. The van der Waals surface area contributed by atoms with Gasteiger partial charge in [0.25, 0.3) is 0 Å². The maximum atomic E-state index is 12.0. The van der Waals surface area contributed by atoms with E-state index in [0.29, 0.717) is 6.42 Å². The Balaban J connectivity index is 1.72. The molecule has 0 aliphatic carbocycles. The lowest BCUT2D eigenvalue weighted by molar-refractivity contribution is -0.131. The Hall–Kier alpha value is -2.44. The molecule has 0 bridgehead atoms. The third-order valence-electron chi connectivity index (χ3n) is 4.56. The van der Waals surface area contributed by atoms with Gasteiger partial charge in [-0.15, -0.1) is 0 Å². The standard InChI is InChI=1S/C17H24N6O/c1-4-5-17(24)22-8-6-21(7-9-22)15-10-16(19-11-18-15)23-12-20-13(2)14(23)3/h10-12H,4-9H2,1-3H3. The maximum Gasteiger partial charge on any atom is 0.222 e. The van der Waals surface area contributed by atoms with Gasteiger partial charge in [-0.25, -0.2) is 15.0 Å². The molecule has 0 spiro atoms. The molecule has 7 heteroatoms. The fraction of sp³-hybridized carbons (Fsp3) is 0.529. The van der Waals surface area contributed by atoms with Crippen LogP contribution in [0, 0.1) is 13.8 Å². The normalized spacial score (nSPS) is 15.0. The van der Waals surface area contributed by atoms with Gasteiger partial charge in [-0.3, -0.25) is 9.36 Å².